The topological polar surface area (TPSA) is 109 Å². The summed E-state index contributed by atoms with van der Waals surface area (Å²) in [4.78, 5) is 34.0. The van der Waals surface area contributed by atoms with Crippen molar-refractivity contribution in [2.75, 3.05) is 5.32 Å². The lowest BCUT2D eigenvalue weighted by Crippen LogP contribution is -2.43. The minimum absolute atomic E-state index is 0.278. The number of carboxylic acid groups (broad SMARTS) is 1. The van der Waals surface area contributed by atoms with Gasteiger partial charge < -0.3 is 20.1 Å². The van der Waals surface area contributed by atoms with Crippen molar-refractivity contribution in [3.05, 3.63) is 82.4 Å². The van der Waals surface area contributed by atoms with Gasteiger partial charge in [0.1, 0.15) is 34.9 Å². The van der Waals surface area contributed by atoms with Gasteiger partial charge in [0.2, 0.25) is 0 Å². The Morgan fingerprint density at radius 1 is 1.05 bits per heavy atom. The van der Waals surface area contributed by atoms with Gasteiger partial charge in [-0.2, -0.15) is 13.2 Å². The van der Waals surface area contributed by atoms with E-state index < -0.39 is 59.4 Å². The Morgan fingerprint density at radius 3 is 2.31 bits per heavy atom. The lowest BCUT2D eigenvalue weighted by molar-refractivity contribution is -0.143. The highest BCUT2D eigenvalue weighted by Gasteiger charge is 2.38. The fraction of sp³-hybridized carbons (Fsp3) is 0.310. The summed E-state index contributed by atoms with van der Waals surface area (Å²) in [5.74, 6) is -5.75. The van der Waals surface area contributed by atoms with Crippen molar-refractivity contribution in [2.24, 2.45) is 0 Å². The van der Waals surface area contributed by atoms with Gasteiger partial charge >= 0.3 is 12.1 Å². The number of nitrogens with one attached hydrogen (secondary N) is 2. The van der Waals surface area contributed by atoms with E-state index in [1.807, 2.05) is 32.2 Å². The zero-order valence-corrected chi connectivity index (χ0v) is 23.1. The maximum atomic E-state index is 14.8. The van der Waals surface area contributed by atoms with Crippen molar-refractivity contribution >= 4 is 23.2 Å². The number of carbonyl (C=O) groups is 2. The molecule has 0 bridgehead atoms. The first-order chi connectivity index (χ1) is 19.7. The smallest absolute Gasteiger partial charge is 0.408 e. The molecule has 8 nitrogen and oxygen atoms in total. The number of benzene rings is 1. The number of imidazole rings is 1. The number of aliphatic carboxylic acids is 1. The number of amides is 1. The van der Waals surface area contributed by atoms with Gasteiger partial charge in [-0.05, 0) is 62.6 Å². The molecule has 0 radical (unpaired) electrons. The maximum absolute atomic E-state index is 14.8. The van der Waals surface area contributed by atoms with E-state index in [0.717, 1.165) is 16.8 Å². The van der Waals surface area contributed by atoms with E-state index in [9.17, 15) is 36.6 Å². The second-order valence-electron chi connectivity index (χ2n) is 9.95. The number of halogens is 5. The van der Waals surface area contributed by atoms with E-state index in [0.29, 0.717) is 34.7 Å². The molecule has 0 unspecified atom stereocenters. The third-order valence-electron chi connectivity index (χ3n) is 6.98. The van der Waals surface area contributed by atoms with Gasteiger partial charge in [-0.25, -0.2) is 18.6 Å². The quantitative estimate of drug-likeness (QED) is 0.214. The molecule has 0 aliphatic carbocycles. The summed E-state index contributed by atoms with van der Waals surface area (Å²) in [6, 6.07) is 2.82. The van der Waals surface area contributed by atoms with Crippen LogP contribution in [0.15, 0.2) is 42.7 Å². The van der Waals surface area contributed by atoms with Gasteiger partial charge in [0, 0.05) is 41.5 Å². The number of carboxylic acids is 1. The summed E-state index contributed by atoms with van der Waals surface area (Å²) in [7, 11) is 0. The molecular weight excluding hydrogens is 561 g/mol. The first kappa shape index (κ1) is 30.4. The van der Waals surface area contributed by atoms with Crippen LogP contribution in [0.2, 0.25) is 0 Å². The van der Waals surface area contributed by atoms with Gasteiger partial charge in [0.25, 0.3) is 5.91 Å². The van der Waals surface area contributed by atoms with Crippen LogP contribution in [0.5, 0.6) is 0 Å². The highest BCUT2D eigenvalue weighted by molar-refractivity contribution is 5.97. The van der Waals surface area contributed by atoms with Crippen molar-refractivity contribution < 1.29 is 36.6 Å². The normalized spacial score (nSPS) is 13.2. The highest BCUT2D eigenvalue weighted by atomic mass is 19.4. The molecule has 4 rings (SSSR count). The number of anilines is 1. The Balaban J connectivity index is 1.60. The molecular formula is C29H28F5N5O3. The SMILES string of the molecule is CC[C@@H](Nc1cc(F)c(C(=O)N[C@@H](Cc2ccc(-c3nc(C)c(C)cc3C)c3nccn23)C(=O)O)c(F)c1)C(F)(F)F. The van der Waals surface area contributed by atoms with E-state index in [2.05, 4.69) is 15.3 Å². The molecule has 0 fully saturated rings. The number of hydrogen-bond donors (Lipinski definition) is 3. The van der Waals surface area contributed by atoms with Gasteiger partial charge in [0.15, 0.2) is 0 Å². The fourth-order valence-electron chi connectivity index (χ4n) is 4.66. The molecule has 4 aromatic rings. The van der Waals surface area contributed by atoms with Crippen molar-refractivity contribution in [2.45, 2.75) is 58.8 Å². The van der Waals surface area contributed by atoms with Crippen LogP contribution in [0.1, 0.15) is 46.2 Å². The van der Waals surface area contributed by atoms with Gasteiger partial charge in [-0.15, -0.1) is 0 Å². The number of alkyl halides is 3. The van der Waals surface area contributed by atoms with Gasteiger partial charge in [-0.1, -0.05) is 13.0 Å². The van der Waals surface area contributed by atoms with E-state index in [1.165, 1.54) is 13.1 Å². The first-order valence-corrected chi connectivity index (χ1v) is 13.0. The van der Waals surface area contributed by atoms with E-state index in [1.54, 1.807) is 22.7 Å². The Labute approximate surface area is 237 Å². The van der Waals surface area contributed by atoms with Crippen molar-refractivity contribution in [1.29, 1.82) is 0 Å². The van der Waals surface area contributed by atoms with Crippen LogP contribution in [0.3, 0.4) is 0 Å². The predicted molar refractivity (Wildman–Crippen MR) is 145 cm³/mol. The van der Waals surface area contributed by atoms with Crippen molar-refractivity contribution in [3.63, 3.8) is 0 Å². The lowest BCUT2D eigenvalue weighted by Gasteiger charge is -2.22. The molecule has 3 aromatic heterocycles. The highest BCUT2D eigenvalue weighted by Crippen LogP contribution is 2.29. The molecule has 13 heteroatoms. The second-order valence-corrected chi connectivity index (χ2v) is 9.95. The zero-order chi connectivity index (χ0) is 30.9. The fourth-order valence-corrected chi connectivity index (χ4v) is 4.66. The Morgan fingerprint density at radius 2 is 1.71 bits per heavy atom. The molecule has 0 aliphatic heterocycles. The van der Waals surface area contributed by atoms with Crippen LogP contribution in [0, 0.1) is 32.4 Å². The predicted octanol–water partition coefficient (Wildman–Crippen LogP) is 5.78. The molecule has 42 heavy (non-hydrogen) atoms. The summed E-state index contributed by atoms with van der Waals surface area (Å²) < 4.78 is 70.4. The molecule has 3 N–H and O–H groups in total. The molecule has 1 aromatic carbocycles. The van der Waals surface area contributed by atoms with Crippen LogP contribution in [0.4, 0.5) is 27.6 Å². The van der Waals surface area contributed by atoms with Crippen molar-refractivity contribution in [3.8, 4) is 11.3 Å². The van der Waals surface area contributed by atoms with Crippen molar-refractivity contribution in [1.82, 2.24) is 19.7 Å². The van der Waals surface area contributed by atoms with Crippen LogP contribution in [-0.2, 0) is 11.2 Å². The lowest BCUT2D eigenvalue weighted by atomic mass is 10.0. The van der Waals surface area contributed by atoms with Gasteiger partial charge in [0.05, 0.1) is 5.69 Å². The average Bonchev–Trinajstić information content (AvgIpc) is 3.39. The second kappa shape index (κ2) is 11.7. The average molecular weight is 590 g/mol. The minimum Gasteiger partial charge on any atom is -0.480 e. The summed E-state index contributed by atoms with van der Waals surface area (Å²) in [6.45, 7) is 7.00. The summed E-state index contributed by atoms with van der Waals surface area (Å²) in [5, 5.41) is 13.9. The monoisotopic (exact) mass is 589 g/mol. The number of fused-ring (bicyclic) bond motifs is 1. The Hall–Kier alpha value is -4.55. The van der Waals surface area contributed by atoms with Crippen LogP contribution >= 0.6 is 0 Å². The van der Waals surface area contributed by atoms with Crippen LogP contribution < -0.4 is 10.6 Å². The molecule has 222 valence electrons. The summed E-state index contributed by atoms with van der Waals surface area (Å²) in [5.41, 5.74) is 3.47. The first-order valence-electron chi connectivity index (χ1n) is 13.0. The minimum atomic E-state index is -4.67. The number of pyridine rings is 2. The van der Waals surface area contributed by atoms with Crippen LogP contribution in [0.25, 0.3) is 16.9 Å². The number of hydrogen-bond acceptors (Lipinski definition) is 5. The number of aromatic nitrogens is 3. The van der Waals surface area contributed by atoms with E-state index in [-0.39, 0.29) is 6.42 Å². The number of aryl methyl sites for hydroxylation is 3. The number of carbonyl (C=O) groups excluding carboxylic acids is 1. The molecule has 0 saturated heterocycles. The van der Waals surface area contributed by atoms with E-state index in [4.69, 9.17) is 0 Å². The van der Waals surface area contributed by atoms with Gasteiger partial charge in [-0.3, -0.25) is 9.78 Å². The standard InChI is InChI=1S/C29H28F5N5O3/c1-5-23(29(32,33)34)37-17-11-20(30)24(21(31)12-17)27(40)38-22(28(41)42)13-18-6-7-19(26-35-8-9-39(18)26)25-15(3)10-14(2)16(4)36-25/h6-12,22-23,37H,5,13H2,1-4H3,(H,38,40)(H,41,42)/t22-,23+/m0/s1. The molecule has 0 aliphatic rings. The summed E-state index contributed by atoms with van der Waals surface area (Å²) in [6.07, 6.45) is -2.21. The maximum Gasteiger partial charge on any atom is 0.408 e. The molecule has 2 atom stereocenters. The summed E-state index contributed by atoms with van der Waals surface area (Å²) >= 11 is 0. The largest absolute Gasteiger partial charge is 0.480 e. The zero-order valence-electron chi connectivity index (χ0n) is 23.1. The number of rotatable bonds is 9. The molecule has 1 amide bonds. The Kier molecular flexibility index (Phi) is 8.50. The Bertz CT molecular complexity index is 1640. The van der Waals surface area contributed by atoms with Crippen LogP contribution in [-0.4, -0.2) is 49.6 Å². The molecule has 3 heterocycles. The third-order valence-corrected chi connectivity index (χ3v) is 6.98. The molecule has 0 spiro atoms. The molecule has 0 saturated carbocycles. The number of nitrogens with zero attached hydrogens (tertiary/aromatic N) is 3. The third kappa shape index (κ3) is 6.19. The van der Waals surface area contributed by atoms with E-state index >= 15 is 0 Å².